The number of para-hydroxylation sites is 1. The summed E-state index contributed by atoms with van der Waals surface area (Å²) in [6, 6.07) is 47.2. The summed E-state index contributed by atoms with van der Waals surface area (Å²) in [4.78, 5) is 70.1. The predicted molar refractivity (Wildman–Crippen MR) is 292 cm³/mol. The molecule has 4 aliphatic heterocycles. The second-order valence-corrected chi connectivity index (χ2v) is 19.8. The second-order valence-electron chi connectivity index (χ2n) is 19.8. The third kappa shape index (κ3) is 8.94. The van der Waals surface area contributed by atoms with Crippen molar-refractivity contribution in [1.82, 2.24) is 15.1 Å². The number of morpholine rings is 1. The van der Waals surface area contributed by atoms with Crippen molar-refractivity contribution in [2.75, 3.05) is 46.0 Å². The Morgan fingerprint density at radius 1 is 0.718 bits per heavy atom. The Kier molecular flexibility index (Phi) is 14.2. The Morgan fingerprint density at radius 2 is 1.35 bits per heavy atom. The monoisotopic (exact) mass is 1040 g/mol. The summed E-state index contributed by atoms with van der Waals surface area (Å²) < 4.78 is 30.0. The third-order valence-electron chi connectivity index (χ3n) is 15.6. The molecule has 2 saturated heterocycles. The molecule has 0 unspecified atom stereocenters. The van der Waals surface area contributed by atoms with Crippen LogP contribution in [0.5, 0.6) is 23.0 Å². The van der Waals surface area contributed by atoms with Crippen LogP contribution in [0.25, 0.3) is 0 Å². The molecule has 14 nitrogen and oxygen atoms in total. The number of fused-ring (bicyclic) bond motifs is 4. The fourth-order valence-electron chi connectivity index (χ4n) is 12.1. The Balaban J connectivity index is 1.20. The van der Waals surface area contributed by atoms with E-state index in [2.05, 4.69) is 17.2 Å². The molecule has 2 fully saturated rings. The van der Waals surface area contributed by atoms with Crippen molar-refractivity contribution in [3.63, 3.8) is 0 Å². The van der Waals surface area contributed by atoms with Gasteiger partial charge in [-0.15, -0.1) is 0 Å². The molecule has 0 aliphatic carbocycles. The van der Waals surface area contributed by atoms with Crippen molar-refractivity contribution < 1.29 is 48.0 Å². The highest BCUT2D eigenvalue weighted by atomic mass is 16.6. The molecule has 78 heavy (non-hydrogen) atoms. The van der Waals surface area contributed by atoms with Crippen molar-refractivity contribution in [2.45, 2.75) is 55.6 Å². The molecule has 2 N–H and O–H groups in total. The third-order valence-corrected chi connectivity index (χ3v) is 15.6. The lowest BCUT2D eigenvalue weighted by molar-refractivity contribution is -0.179. The van der Waals surface area contributed by atoms with Gasteiger partial charge in [-0.05, 0) is 107 Å². The van der Waals surface area contributed by atoms with Gasteiger partial charge in [-0.25, -0.2) is 9.69 Å². The van der Waals surface area contributed by atoms with Crippen molar-refractivity contribution in [3.8, 4) is 34.8 Å². The average Bonchev–Trinajstić information content (AvgIpc) is 2.92. The molecule has 14 heteroatoms. The Labute approximate surface area is 453 Å². The smallest absolute Gasteiger partial charge is 0.329 e. The molecule has 7 aromatic carbocycles. The molecular formula is C64H58N4O10. The van der Waals surface area contributed by atoms with Crippen molar-refractivity contribution >= 4 is 29.5 Å². The van der Waals surface area contributed by atoms with Crippen LogP contribution in [0.15, 0.2) is 170 Å². The molecule has 0 radical (unpaired) electrons. The van der Waals surface area contributed by atoms with Gasteiger partial charge in [-0.1, -0.05) is 121 Å². The zero-order chi connectivity index (χ0) is 54.1. The van der Waals surface area contributed by atoms with E-state index in [-0.39, 0.29) is 32.0 Å². The summed E-state index contributed by atoms with van der Waals surface area (Å²) in [5.74, 6) is 5.08. The number of ether oxygens (including phenoxy) is 5. The molecule has 394 valence electrons. The summed E-state index contributed by atoms with van der Waals surface area (Å²) in [5, 5.41) is 13.4. The fraction of sp³-hybridized carbons (Fsp3) is 0.250. The van der Waals surface area contributed by atoms with Gasteiger partial charge in [0.05, 0.1) is 57.7 Å². The van der Waals surface area contributed by atoms with Crippen LogP contribution < -0.4 is 29.2 Å². The van der Waals surface area contributed by atoms with E-state index in [0.717, 1.165) is 27.2 Å². The average molecular weight is 1040 g/mol. The summed E-state index contributed by atoms with van der Waals surface area (Å²) in [5.41, 5.74) is 4.04. The molecule has 4 aliphatic rings. The maximum atomic E-state index is 17.2. The Hall–Kier alpha value is -8.90. The number of anilines is 1. The number of hydrogen-bond acceptors (Lipinski definition) is 11. The van der Waals surface area contributed by atoms with E-state index in [1.165, 1.54) is 0 Å². The number of hydrogen-bond donors (Lipinski definition) is 2. The highest BCUT2D eigenvalue weighted by molar-refractivity contribution is 6.25. The van der Waals surface area contributed by atoms with Gasteiger partial charge < -0.3 is 39.0 Å². The largest absolute Gasteiger partial charge is 0.497 e. The first kappa shape index (κ1) is 51.2. The molecule has 4 amide bonds. The number of nitrogens with one attached hydrogen (secondary N) is 1. The standard InChI is InChI=1S/C64H58N4O10/c1-40(43-16-8-5-9-17-43)65-63(73)67-51-31-28-42(25-24-41-26-29-48(74-2)30-27-41)36-50(51)64(62(67)72)55(60(70)66-33-32-46-37-53(75-3)54(76-4)38-47(46)39-66)57-61(71)78-58(45-20-12-7-13-21-45)56(44-18-10-6-11-19-44)68(57)59(64)49-22-14-15-23-52(49)77-35-34-69/h5-23,26-31,36-38,40,55-59,69H,32-35,39H2,1-4H3,(H,65,73)/t40-,55-,56-,57-,58+,59+,64-/m1/s1. The predicted octanol–water partition coefficient (Wildman–Crippen LogP) is 9.20. The van der Waals surface area contributed by atoms with Gasteiger partial charge in [-0.3, -0.25) is 19.3 Å². The second kappa shape index (κ2) is 21.6. The first-order valence-electron chi connectivity index (χ1n) is 26.0. The fourth-order valence-corrected chi connectivity index (χ4v) is 12.1. The molecule has 4 heterocycles. The van der Waals surface area contributed by atoms with E-state index in [4.69, 9.17) is 23.7 Å². The van der Waals surface area contributed by atoms with Crippen LogP contribution in [0, 0.1) is 17.8 Å². The number of imide groups is 1. The number of carbonyl (C=O) groups is 4. The van der Waals surface area contributed by atoms with E-state index in [1.807, 2.05) is 151 Å². The van der Waals surface area contributed by atoms with Crippen LogP contribution in [0.2, 0.25) is 0 Å². The minimum Gasteiger partial charge on any atom is -0.497 e. The number of cyclic esters (lactones) is 1. The first-order chi connectivity index (χ1) is 38.1. The molecule has 1 spiro atoms. The van der Waals surface area contributed by atoms with E-state index >= 15 is 19.2 Å². The number of nitrogens with zero attached hydrogens (tertiary/aromatic N) is 3. The molecule has 0 bridgehead atoms. The lowest BCUT2D eigenvalue weighted by atomic mass is 9.64. The number of carbonyl (C=O) groups excluding carboxylic acids is 4. The van der Waals surface area contributed by atoms with E-state index in [9.17, 15) is 5.11 Å². The van der Waals surface area contributed by atoms with Gasteiger partial charge in [0.25, 0.3) is 0 Å². The van der Waals surface area contributed by atoms with Gasteiger partial charge >= 0.3 is 12.0 Å². The number of amides is 4. The molecule has 11 rings (SSSR count). The zero-order valence-corrected chi connectivity index (χ0v) is 43.6. The summed E-state index contributed by atoms with van der Waals surface area (Å²) >= 11 is 0. The van der Waals surface area contributed by atoms with E-state index in [0.29, 0.717) is 57.2 Å². The van der Waals surface area contributed by atoms with Crippen LogP contribution >= 0.6 is 0 Å². The first-order valence-corrected chi connectivity index (χ1v) is 26.0. The highest BCUT2D eigenvalue weighted by Gasteiger charge is 2.76. The van der Waals surface area contributed by atoms with Crippen LogP contribution in [0.3, 0.4) is 0 Å². The van der Waals surface area contributed by atoms with E-state index < -0.39 is 65.4 Å². The lowest BCUT2D eigenvalue weighted by Gasteiger charge is -2.46. The van der Waals surface area contributed by atoms with Gasteiger partial charge in [-0.2, -0.15) is 0 Å². The number of urea groups is 1. The number of aliphatic hydroxyl groups excluding tert-OH is 1. The summed E-state index contributed by atoms with van der Waals surface area (Å²) in [6.07, 6.45) is -0.532. The molecule has 7 atom stereocenters. The summed E-state index contributed by atoms with van der Waals surface area (Å²) in [6.45, 7) is 1.72. The molecule has 7 aromatic rings. The molecular weight excluding hydrogens is 985 g/mol. The van der Waals surface area contributed by atoms with Crippen LogP contribution in [0.1, 0.15) is 81.2 Å². The van der Waals surface area contributed by atoms with Gasteiger partial charge in [0.2, 0.25) is 11.8 Å². The Bertz CT molecular complexity index is 3460. The quantitative estimate of drug-likeness (QED) is 0.0889. The SMILES string of the molecule is COc1ccc(C#Cc2ccc3c(c2)[C@]2(C(=O)N3C(=O)N[C@H](C)c3ccccc3)[C@H](c3ccccc3OCCO)N3[C@H](c4ccccc4)[C@H](c4ccccc4)OC(=O)[C@H]3[C@@H]2C(=O)N2CCc3cc(OC)c(OC)cc3C2)cc1. The molecule has 0 aromatic heterocycles. The van der Waals surface area contributed by atoms with Crippen LogP contribution in [-0.2, 0) is 37.5 Å². The number of esters is 1. The number of aliphatic hydroxyl groups is 1. The lowest BCUT2D eigenvalue weighted by Crippen LogP contribution is -2.57. The van der Waals surface area contributed by atoms with Gasteiger partial charge in [0.15, 0.2) is 11.5 Å². The van der Waals surface area contributed by atoms with Crippen LogP contribution in [0.4, 0.5) is 10.5 Å². The number of rotatable bonds is 12. The maximum Gasteiger partial charge on any atom is 0.329 e. The maximum absolute atomic E-state index is 17.2. The number of benzene rings is 7. The van der Waals surface area contributed by atoms with Crippen LogP contribution in [-0.4, -0.2) is 85.9 Å². The van der Waals surface area contributed by atoms with Crippen molar-refractivity contribution in [2.24, 2.45) is 5.92 Å². The number of methoxy groups -OCH3 is 3. The van der Waals surface area contributed by atoms with E-state index in [1.54, 1.807) is 56.6 Å². The Morgan fingerprint density at radius 3 is 2.03 bits per heavy atom. The summed E-state index contributed by atoms with van der Waals surface area (Å²) in [7, 11) is 4.72. The minimum atomic E-state index is -2.10. The van der Waals surface area contributed by atoms with Crippen molar-refractivity contribution in [3.05, 3.63) is 220 Å². The van der Waals surface area contributed by atoms with Gasteiger partial charge in [0.1, 0.15) is 35.7 Å². The zero-order valence-electron chi connectivity index (χ0n) is 43.6. The minimum absolute atomic E-state index is 0.103. The van der Waals surface area contributed by atoms with Gasteiger partial charge in [0, 0.05) is 29.8 Å². The normalized spacial score (nSPS) is 21.5. The topological polar surface area (TPSA) is 156 Å². The van der Waals surface area contributed by atoms with Crippen molar-refractivity contribution in [1.29, 1.82) is 0 Å². The highest BCUT2D eigenvalue weighted by Crippen LogP contribution is 2.67. The molecule has 0 saturated carbocycles.